The second-order valence-corrected chi connectivity index (χ2v) is 10.2. The Morgan fingerprint density at radius 1 is 1.03 bits per heavy atom. The summed E-state index contributed by atoms with van der Waals surface area (Å²) in [6.07, 6.45) is 3.00. The molecule has 4 nitrogen and oxygen atoms in total. The van der Waals surface area contributed by atoms with Crippen molar-refractivity contribution in [2.24, 2.45) is 0 Å². The molecule has 0 aliphatic carbocycles. The molecule has 1 aliphatic rings. The molecular weight excluding hydrogens is 448 g/mol. The van der Waals surface area contributed by atoms with Gasteiger partial charge < -0.3 is 9.64 Å². The van der Waals surface area contributed by atoms with Gasteiger partial charge in [0.1, 0.15) is 5.75 Å². The molecular formula is C24H23ClN2O2S2. The molecule has 1 fully saturated rings. The Hall–Kier alpha value is -2.15. The van der Waals surface area contributed by atoms with Crippen LogP contribution in [-0.4, -0.2) is 29.0 Å². The SMILES string of the molecule is O=C(COc1ccc(C2SCCCS2)cc1)N(Cc1ccccn1)c1ccc(Cl)cc1. The van der Waals surface area contributed by atoms with Crippen LogP contribution in [0, 0.1) is 0 Å². The fourth-order valence-corrected chi connectivity index (χ4v) is 6.24. The normalized spacial score (nSPS) is 14.2. The number of nitrogens with zero attached hydrogens (tertiary/aromatic N) is 2. The first kappa shape index (κ1) is 22.1. The van der Waals surface area contributed by atoms with Crippen molar-refractivity contribution in [3.8, 4) is 5.75 Å². The Bertz CT molecular complexity index is 979. The van der Waals surface area contributed by atoms with Crippen LogP contribution < -0.4 is 9.64 Å². The largest absolute Gasteiger partial charge is 0.484 e. The third-order valence-corrected chi connectivity index (χ3v) is 8.09. The zero-order valence-corrected chi connectivity index (χ0v) is 19.3. The Labute approximate surface area is 196 Å². The van der Waals surface area contributed by atoms with E-state index in [9.17, 15) is 4.79 Å². The first-order valence-electron chi connectivity index (χ1n) is 10.1. The average Bonchev–Trinajstić information content (AvgIpc) is 2.83. The highest BCUT2D eigenvalue weighted by molar-refractivity contribution is 8.16. The third-order valence-electron chi connectivity index (χ3n) is 4.83. The maximum absolute atomic E-state index is 13.1. The molecule has 7 heteroatoms. The molecule has 3 aromatic rings. The topological polar surface area (TPSA) is 42.4 Å². The van der Waals surface area contributed by atoms with Crippen molar-refractivity contribution in [3.05, 3.63) is 89.2 Å². The van der Waals surface area contributed by atoms with E-state index in [-0.39, 0.29) is 12.5 Å². The molecule has 1 aliphatic heterocycles. The van der Waals surface area contributed by atoms with Gasteiger partial charge in [0.05, 0.1) is 16.8 Å². The number of ether oxygens (including phenoxy) is 1. The molecule has 0 atom stereocenters. The first-order valence-corrected chi connectivity index (χ1v) is 12.6. The molecule has 0 bridgehead atoms. The number of anilines is 1. The van der Waals surface area contributed by atoms with Crippen molar-refractivity contribution >= 4 is 46.7 Å². The van der Waals surface area contributed by atoms with E-state index in [0.29, 0.717) is 21.9 Å². The molecule has 4 rings (SSSR count). The van der Waals surface area contributed by atoms with Gasteiger partial charge in [-0.3, -0.25) is 9.78 Å². The summed E-state index contributed by atoms with van der Waals surface area (Å²) in [5.74, 6) is 2.97. The van der Waals surface area contributed by atoms with E-state index in [2.05, 4.69) is 17.1 Å². The summed E-state index contributed by atoms with van der Waals surface area (Å²) in [7, 11) is 0. The van der Waals surface area contributed by atoms with Crippen LogP contribution in [0.1, 0.15) is 22.3 Å². The standard InChI is InChI=1S/C24H23ClN2O2S2/c25-19-7-9-21(10-8-19)27(16-20-4-1-2-13-26-20)23(28)17-29-22-11-5-18(6-12-22)24-30-14-3-15-31-24/h1-2,4-13,24H,3,14-17H2. The maximum atomic E-state index is 13.1. The lowest BCUT2D eigenvalue weighted by Gasteiger charge is -2.23. The van der Waals surface area contributed by atoms with E-state index < -0.39 is 0 Å². The average molecular weight is 471 g/mol. The number of carbonyl (C=O) groups is 1. The summed E-state index contributed by atoms with van der Waals surface area (Å²) in [4.78, 5) is 19.1. The highest BCUT2D eigenvalue weighted by Gasteiger charge is 2.19. The molecule has 0 unspecified atom stereocenters. The van der Waals surface area contributed by atoms with Gasteiger partial charge in [-0.2, -0.15) is 0 Å². The van der Waals surface area contributed by atoms with E-state index in [0.717, 1.165) is 11.4 Å². The Kier molecular flexibility index (Phi) is 7.78. The second-order valence-electron chi connectivity index (χ2n) is 7.06. The molecule has 2 heterocycles. The highest BCUT2D eigenvalue weighted by Crippen LogP contribution is 2.43. The van der Waals surface area contributed by atoms with Crippen LogP contribution in [-0.2, 0) is 11.3 Å². The zero-order chi connectivity index (χ0) is 21.5. The summed E-state index contributed by atoms with van der Waals surface area (Å²) in [6.45, 7) is 0.307. The van der Waals surface area contributed by atoms with Crippen molar-refractivity contribution < 1.29 is 9.53 Å². The van der Waals surface area contributed by atoms with Gasteiger partial charge in [-0.1, -0.05) is 29.8 Å². The van der Waals surface area contributed by atoms with Crippen LogP contribution in [0.3, 0.4) is 0 Å². The molecule has 1 amide bonds. The third kappa shape index (κ3) is 6.19. The lowest BCUT2D eigenvalue weighted by Crippen LogP contribution is -2.34. The fraction of sp³-hybridized carbons (Fsp3) is 0.250. The summed E-state index contributed by atoms with van der Waals surface area (Å²) in [5.41, 5.74) is 2.86. The monoisotopic (exact) mass is 470 g/mol. The summed E-state index contributed by atoms with van der Waals surface area (Å²) in [5, 5.41) is 0.625. The minimum absolute atomic E-state index is 0.0538. The van der Waals surface area contributed by atoms with Crippen LogP contribution in [0.4, 0.5) is 5.69 Å². The Balaban J connectivity index is 1.42. The number of pyridine rings is 1. The number of halogens is 1. The summed E-state index contributed by atoms with van der Waals surface area (Å²) < 4.78 is 6.31. The van der Waals surface area contributed by atoms with Crippen molar-refractivity contribution in [1.82, 2.24) is 4.98 Å². The van der Waals surface area contributed by atoms with E-state index in [1.807, 2.05) is 66.0 Å². The van der Waals surface area contributed by atoms with Crippen LogP contribution in [0.25, 0.3) is 0 Å². The molecule has 0 spiro atoms. The van der Waals surface area contributed by atoms with E-state index >= 15 is 0 Å². The number of carbonyl (C=O) groups excluding carboxylic acids is 1. The number of amides is 1. The fourth-order valence-electron chi connectivity index (χ4n) is 3.22. The van der Waals surface area contributed by atoms with Gasteiger partial charge in [0.25, 0.3) is 5.91 Å². The summed E-state index contributed by atoms with van der Waals surface area (Å²) >= 11 is 10.0. The van der Waals surface area contributed by atoms with Gasteiger partial charge in [0, 0.05) is 16.9 Å². The van der Waals surface area contributed by atoms with Crippen molar-refractivity contribution in [1.29, 1.82) is 0 Å². The van der Waals surface area contributed by atoms with Gasteiger partial charge >= 0.3 is 0 Å². The smallest absolute Gasteiger partial charge is 0.265 e. The molecule has 31 heavy (non-hydrogen) atoms. The quantitative estimate of drug-likeness (QED) is 0.410. The molecule has 0 saturated carbocycles. The Morgan fingerprint density at radius 3 is 2.45 bits per heavy atom. The zero-order valence-electron chi connectivity index (χ0n) is 16.9. The predicted molar refractivity (Wildman–Crippen MR) is 131 cm³/mol. The van der Waals surface area contributed by atoms with Crippen LogP contribution >= 0.6 is 35.1 Å². The van der Waals surface area contributed by atoms with E-state index in [4.69, 9.17) is 16.3 Å². The number of hydrogen-bond acceptors (Lipinski definition) is 5. The number of hydrogen-bond donors (Lipinski definition) is 0. The molecule has 0 N–H and O–H groups in total. The number of aromatic nitrogens is 1. The van der Waals surface area contributed by atoms with Crippen LogP contribution in [0.5, 0.6) is 5.75 Å². The van der Waals surface area contributed by atoms with Crippen molar-refractivity contribution in [2.45, 2.75) is 17.5 Å². The van der Waals surface area contributed by atoms with Gasteiger partial charge in [-0.05, 0) is 72.0 Å². The first-order chi connectivity index (χ1) is 15.2. The van der Waals surface area contributed by atoms with Gasteiger partial charge in [0.15, 0.2) is 6.61 Å². The van der Waals surface area contributed by atoms with Crippen molar-refractivity contribution in [3.63, 3.8) is 0 Å². The van der Waals surface area contributed by atoms with Gasteiger partial charge in [-0.25, -0.2) is 0 Å². The minimum Gasteiger partial charge on any atom is -0.484 e. The Morgan fingerprint density at radius 2 is 1.77 bits per heavy atom. The predicted octanol–water partition coefficient (Wildman–Crippen LogP) is 6.22. The molecule has 1 saturated heterocycles. The number of benzene rings is 2. The van der Waals surface area contributed by atoms with Gasteiger partial charge in [-0.15, -0.1) is 23.5 Å². The maximum Gasteiger partial charge on any atom is 0.265 e. The lowest BCUT2D eigenvalue weighted by molar-refractivity contribution is -0.120. The van der Waals surface area contributed by atoms with Gasteiger partial charge in [0.2, 0.25) is 0 Å². The molecule has 0 radical (unpaired) electrons. The molecule has 160 valence electrons. The number of rotatable bonds is 7. The van der Waals surface area contributed by atoms with Crippen molar-refractivity contribution in [2.75, 3.05) is 23.0 Å². The van der Waals surface area contributed by atoms with Crippen LogP contribution in [0.15, 0.2) is 72.9 Å². The number of thioether (sulfide) groups is 2. The van der Waals surface area contributed by atoms with E-state index in [1.165, 1.54) is 23.5 Å². The van der Waals surface area contributed by atoms with Crippen LogP contribution in [0.2, 0.25) is 5.02 Å². The highest BCUT2D eigenvalue weighted by atomic mass is 35.5. The minimum atomic E-state index is -0.143. The molecule has 2 aromatic carbocycles. The summed E-state index contributed by atoms with van der Waals surface area (Å²) in [6, 6.07) is 21.0. The molecule has 1 aromatic heterocycles. The second kappa shape index (κ2) is 10.9. The lowest BCUT2D eigenvalue weighted by atomic mass is 10.2. The van der Waals surface area contributed by atoms with E-state index in [1.54, 1.807) is 23.2 Å².